The average Bonchev–Trinajstić information content (AvgIpc) is 2.25. The highest BCUT2D eigenvalue weighted by Gasteiger charge is 2.33. The molecule has 0 heterocycles. The Bertz CT molecular complexity index is 177. The molecular weight excluding hydrogens is 154 g/mol. The second-order valence-corrected chi connectivity index (χ2v) is 4.21. The summed E-state index contributed by atoms with van der Waals surface area (Å²) in [6, 6.07) is 0.383. The van der Waals surface area contributed by atoms with E-state index in [0.717, 1.165) is 6.42 Å². The van der Waals surface area contributed by atoms with Gasteiger partial charge < -0.3 is 10.4 Å². The second kappa shape index (κ2) is 3.44. The molecule has 1 aliphatic carbocycles. The normalized spacial score (nSPS) is 27.3. The number of carbonyl (C=O) groups is 1. The van der Waals surface area contributed by atoms with Gasteiger partial charge >= 0.3 is 5.97 Å². The number of carboxylic acid groups (broad SMARTS) is 1. The fraction of sp³-hybridized carbons (Fsp3) is 0.889. The van der Waals surface area contributed by atoms with E-state index in [1.165, 1.54) is 12.8 Å². The largest absolute Gasteiger partial charge is 0.480 e. The third kappa shape index (κ3) is 2.21. The molecule has 0 aromatic carbocycles. The zero-order valence-corrected chi connectivity index (χ0v) is 7.76. The predicted octanol–water partition coefficient (Wildman–Crippen LogP) is 1.24. The molecule has 1 atom stereocenters. The van der Waals surface area contributed by atoms with E-state index in [2.05, 4.69) is 19.2 Å². The summed E-state index contributed by atoms with van der Waals surface area (Å²) >= 11 is 0. The van der Waals surface area contributed by atoms with E-state index < -0.39 is 5.97 Å². The Labute approximate surface area is 73.2 Å². The van der Waals surface area contributed by atoms with Gasteiger partial charge in [0.25, 0.3) is 0 Å². The molecule has 70 valence electrons. The first kappa shape index (κ1) is 9.52. The molecule has 0 radical (unpaired) electrons. The van der Waals surface area contributed by atoms with Gasteiger partial charge in [0.15, 0.2) is 0 Å². The van der Waals surface area contributed by atoms with Gasteiger partial charge in [-0.1, -0.05) is 20.3 Å². The Morgan fingerprint density at radius 1 is 1.67 bits per heavy atom. The Kier molecular flexibility index (Phi) is 2.73. The standard InChI is InChI=1S/C9H17NO2/c1-9(2)5-3-4-7(9)10-6-8(11)12/h7,10H,3-6H2,1-2H3,(H,11,12). The molecule has 0 spiro atoms. The summed E-state index contributed by atoms with van der Waals surface area (Å²) in [5.74, 6) is -0.766. The van der Waals surface area contributed by atoms with Gasteiger partial charge in [0.1, 0.15) is 0 Å². The Balaban J connectivity index is 2.36. The zero-order chi connectivity index (χ0) is 9.19. The Morgan fingerprint density at radius 2 is 2.33 bits per heavy atom. The molecule has 0 aliphatic heterocycles. The van der Waals surface area contributed by atoms with Crippen LogP contribution in [0.2, 0.25) is 0 Å². The quantitative estimate of drug-likeness (QED) is 0.671. The van der Waals surface area contributed by atoms with Gasteiger partial charge in [0, 0.05) is 6.04 Å². The maximum Gasteiger partial charge on any atom is 0.317 e. The predicted molar refractivity (Wildman–Crippen MR) is 47.1 cm³/mol. The van der Waals surface area contributed by atoms with Gasteiger partial charge in [-0.15, -0.1) is 0 Å². The number of aliphatic carboxylic acids is 1. The van der Waals surface area contributed by atoms with Crippen LogP contribution in [-0.2, 0) is 4.79 Å². The van der Waals surface area contributed by atoms with Gasteiger partial charge in [0.2, 0.25) is 0 Å². The molecule has 1 unspecified atom stereocenters. The zero-order valence-electron chi connectivity index (χ0n) is 7.76. The minimum atomic E-state index is -0.766. The van der Waals surface area contributed by atoms with E-state index in [1.54, 1.807) is 0 Å². The third-order valence-electron chi connectivity index (χ3n) is 2.76. The summed E-state index contributed by atoms with van der Waals surface area (Å²) < 4.78 is 0. The Morgan fingerprint density at radius 3 is 2.75 bits per heavy atom. The van der Waals surface area contributed by atoms with Crippen LogP contribution >= 0.6 is 0 Å². The van der Waals surface area contributed by atoms with Crippen molar-refractivity contribution >= 4 is 5.97 Å². The molecule has 0 aromatic rings. The topological polar surface area (TPSA) is 49.3 Å². The van der Waals surface area contributed by atoms with Gasteiger partial charge in [-0.25, -0.2) is 0 Å². The lowest BCUT2D eigenvalue weighted by Gasteiger charge is -2.27. The fourth-order valence-corrected chi connectivity index (χ4v) is 1.92. The highest BCUT2D eigenvalue weighted by molar-refractivity contribution is 5.69. The monoisotopic (exact) mass is 171 g/mol. The fourth-order valence-electron chi connectivity index (χ4n) is 1.92. The van der Waals surface area contributed by atoms with E-state index in [-0.39, 0.29) is 12.0 Å². The molecule has 3 nitrogen and oxygen atoms in total. The van der Waals surface area contributed by atoms with Gasteiger partial charge in [0.05, 0.1) is 6.54 Å². The number of rotatable bonds is 3. The van der Waals surface area contributed by atoms with Crippen LogP contribution in [0.3, 0.4) is 0 Å². The van der Waals surface area contributed by atoms with Crippen molar-refractivity contribution in [2.24, 2.45) is 5.41 Å². The molecule has 0 bridgehead atoms. The molecule has 2 N–H and O–H groups in total. The van der Waals surface area contributed by atoms with Crippen LogP contribution < -0.4 is 5.32 Å². The van der Waals surface area contributed by atoms with E-state index in [1.807, 2.05) is 0 Å². The highest BCUT2D eigenvalue weighted by atomic mass is 16.4. The highest BCUT2D eigenvalue weighted by Crippen LogP contribution is 2.36. The Hall–Kier alpha value is -0.570. The molecule has 0 aromatic heterocycles. The minimum absolute atomic E-state index is 0.0914. The van der Waals surface area contributed by atoms with Crippen molar-refractivity contribution in [3.63, 3.8) is 0 Å². The molecule has 3 heteroatoms. The summed E-state index contributed by atoms with van der Waals surface area (Å²) in [5, 5.41) is 11.6. The lowest BCUT2D eigenvalue weighted by molar-refractivity contribution is -0.136. The first-order valence-corrected chi connectivity index (χ1v) is 4.47. The molecular formula is C9H17NO2. The summed E-state index contributed by atoms with van der Waals surface area (Å²) in [6.45, 7) is 4.48. The average molecular weight is 171 g/mol. The number of hydrogen-bond acceptors (Lipinski definition) is 2. The minimum Gasteiger partial charge on any atom is -0.480 e. The molecule has 12 heavy (non-hydrogen) atoms. The molecule has 1 rings (SSSR count). The molecule has 1 fully saturated rings. The lowest BCUT2D eigenvalue weighted by atomic mass is 9.87. The van der Waals surface area contributed by atoms with Crippen molar-refractivity contribution in [2.45, 2.75) is 39.2 Å². The molecule has 0 amide bonds. The van der Waals surface area contributed by atoms with Crippen molar-refractivity contribution < 1.29 is 9.90 Å². The van der Waals surface area contributed by atoms with Crippen molar-refractivity contribution in [3.05, 3.63) is 0 Å². The van der Waals surface area contributed by atoms with E-state index in [9.17, 15) is 4.79 Å². The smallest absolute Gasteiger partial charge is 0.317 e. The van der Waals surface area contributed by atoms with Gasteiger partial charge in [-0.05, 0) is 18.3 Å². The lowest BCUT2D eigenvalue weighted by Crippen LogP contribution is -2.40. The van der Waals surface area contributed by atoms with Gasteiger partial charge in [-0.3, -0.25) is 4.79 Å². The first-order valence-electron chi connectivity index (χ1n) is 4.47. The molecule has 1 aliphatic rings. The van der Waals surface area contributed by atoms with Crippen molar-refractivity contribution in [2.75, 3.05) is 6.54 Å². The summed E-state index contributed by atoms with van der Waals surface area (Å²) in [7, 11) is 0. The number of nitrogens with one attached hydrogen (secondary N) is 1. The number of hydrogen-bond donors (Lipinski definition) is 2. The van der Waals surface area contributed by atoms with Crippen LogP contribution in [0.5, 0.6) is 0 Å². The summed E-state index contributed by atoms with van der Waals surface area (Å²) in [6.07, 6.45) is 3.52. The van der Waals surface area contributed by atoms with Crippen LogP contribution in [0.15, 0.2) is 0 Å². The second-order valence-electron chi connectivity index (χ2n) is 4.21. The van der Waals surface area contributed by atoms with Crippen molar-refractivity contribution in [1.29, 1.82) is 0 Å². The van der Waals surface area contributed by atoms with Crippen LogP contribution in [0.25, 0.3) is 0 Å². The SMILES string of the molecule is CC1(C)CCCC1NCC(=O)O. The number of carboxylic acids is 1. The van der Waals surface area contributed by atoms with Crippen LogP contribution in [0.1, 0.15) is 33.1 Å². The van der Waals surface area contributed by atoms with Crippen LogP contribution in [-0.4, -0.2) is 23.7 Å². The van der Waals surface area contributed by atoms with Crippen molar-refractivity contribution in [1.82, 2.24) is 5.32 Å². The van der Waals surface area contributed by atoms with Crippen molar-refractivity contribution in [3.8, 4) is 0 Å². The van der Waals surface area contributed by atoms with Crippen LogP contribution in [0, 0.1) is 5.41 Å². The maximum absolute atomic E-state index is 10.3. The van der Waals surface area contributed by atoms with E-state index in [0.29, 0.717) is 6.04 Å². The third-order valence-corrected chi connectivity index (χ3v) is 2.76. The first-order chi connectivity index (χ1) is 5.52. The maximum atomic E-state index is 10.3. The summed E-state index contributed by atoms with van der Waals surface area (Å²) in [4.78, 5) is 10.3. The summed E-state index contributed by atoms with van der Waals surface area (Å²) in [5.41, 5.74) is 0.273. The van der Waals surface area contributed by atoms with Crippen LogP contribution in [0.4, 0.5) is 0 Å². The molecule has 1 saturated carbocycles. The van der Waals surface area contributed by atoms with E-state index in [4.69, 9.17) is 5.11 Å². The van der Waals surface area contributed by atoms with E-state index >= 15 is 0 Å². The molecule has 0 saturated heterocycles. The van der Waals surface area contributed by atoms with Gasteiger partial charge in [-0.2, -0.15) is 0 Å².